The van der Waals surface area contributed by atoms with E-state index < -0.39 is 5.82 Å². The Kier molecular flexibility index (Phi) is 7.45. The first-order valence-corrected chi connectivity index (χ1v) is 17.7. The van der Waals surface area contributed by atoms with Crippen LogP contribution in [-0.2, 0) is 11.2 Å². The number of piperazine rings is 1. The molecule has 2 N–H and O–H groups in total. The van der Waals surface area contributed by atoms with Crippen LogP contribution in [0.4, 0.5) is 14.6 Å². The van der Waals surface area contributed by atoms with E-state index in [1.165, 1.54) is 12.1 Å². The van der Waals surface area contributed by atoms with E-state index in [0.717, 1.165) is 71.6 Å². The number of phenolic OH excluding ortho intramolecular Hbond substituents is 1. The third-order valence-corrected chi connectivity index (χ3v) is 11.8. The fraction of sp³-hybridized carbons (Fsp3) is 0.514. The van der Waals surface area contributed by atoms with E-state index in [9.17, 15) is 5.11 Å². The lowest BCUT2D eigenvalue weighted by Gasteiger charge is -2.34. The molecule has 4 unspecified atom stereocenters. The van der Waals surface area contributed by atoms with Crippen LogP contribution >= 0.6 is 11.6 Å². The highest BCUT2D eigenvalue weighted by Gasteiger charge is 2.48. The summed E-state index contributed by atoms with van der Waals surface area (Å²) in [6, 6.07) is 8.53. The first kappa shape index (κ1) is 30.7. The lowest BCUT2D eigenvalue weighted by atomic mass is 9.92. The molecule has 4 aliphatic heterocycles. The Labute approximate surface area is 283 Å². The fourth-order valence-electron chi connectivity index (χ4n) is 8.86. The number of aryl methyl sites for hydroxylation is 1. The second-order valence-electron chi connectivity index (χ2n) is 14.8. The first-order valence-electron chi connectivity index (χ1n) is 17.4. The van der Waals surface area contributed by atoms with Gasteiger partial charge >= 0.3 is 6.01 Å². The average Bonchev–Trinajstić information content (AvgIpc) is 3.31. The molecule has 4 aromatic rings. The predicted molar refractivity (Wildman–Crippen MR) is 182 cm³/mol. The van der Waals surface area contributed by atoms with Gasteiger partial charge in [0.25, 0.3) is 0 Å². The highest BCUT2D eigenvalue weighted by molar-refractivity contribution is 6.35. The molecular formula is C37H40ClF2N5O3. The molecule has 8 nitrogen and oxygen atoms in total. The summed E-state index contributed by atoms with van der Waals surface area (Å²) < 4.78 is 44.3. The zero-order chi connectivity index (χ0) is 32.7. The van der Waals surface area contributed by atoms with Gasteiger partial charge in [-0.05, 0) is 78.3 Å². The van der Waals surface area contributed by atoms with Crippen molar-refractivity contribution in [3.05, 3.63) is 52.6 Å². The maximum absolute atomic E-state index is 17.1. The fourth-order valence-corrected chi connectivity index (χ4v) is 9.15. The second-order valence-corrected chi connectivity index (χ2v) is 15.2. The lowest BCUT2D eigenvalue weighted by molar-refractivity contribution is 0.131. The number of aromatic hydroxyl groups is 1. The molecule has 1 aromatic heterocycles. The molecule has 5 fully saturated rings. The van der Waals surface area contributed by atoms with Gasteiger partial charge < -0.3 is 29.7 Å². The molecule has 2 bridgehead atoms. The van der Waals surface area contributed by atoms with Crippen molar-refractivity contribution < 1.29 is 23.4 Å². The third-order valence-electron chi connectivity index (χ3n) is 11.5. The molecule has 1 saturated carbocycles. The topological polar surface area (TPSA) is 83.0 Å². The van der Waals surface area contributed by atoms with Crippen LogP contribution in [0.5, 0.6) is 11.8 Å². The van der Waals surface area contributed by atoms with Crippen molar-refractivity contribution in [1.82, 2.24) is 20.2 Å². The molecule has 11 heteroatoms. The second kappa shape index (κ2) is 11.6. The number of benzene rings is 3. The molecule has 3 aromatic carbocycles. The van der Waals surface area contributed by atoms with Gasteiger partial charge in [0.15, 0.2) is 5.82 Å². The van der Waals surface area contributed by atoms with Crippen LogP contribution in [0.1, 0.15) is 38.2 Å². The normalized spacial score (nSPS) is 26.1. The van der Waals surface area contributed by atoms with Crippen molar-refractivity contribution >= 4 is 39.1 Å². The Morgan fingerprint density at radius 3 is 2.50 bits per heavy atom. The minimum atomic E-state index is -0.644. The number of hydrogen-bond donors (Lipinski definition) is 2. The number of nitrogens with zero attached hydrogens (tertiary/aromatic N) is 4. The standard InChI is InChI=1S/C37H40ClF2N5O3/c1-2-26-30(39)6-3-20-9-25(46)10-27(31(20)26)32-29(38)11-28-34(33(32)40)42-36(43-35(28)45-14-23-4-5-24(15-45)41-23)48-19-37(7-8-37)18-44-12-21-16-47-17-22(21)13-44/h3,6,9-11,21-24,41,46H,2,4-5,7-8,12-19H2,1H3. The number of likely N-dealkylation sites (tertiary alicyclic amines) is 1. The van der Waals surface area contributed by atoms with Crippen LogP contribution in [0.25, 0.3) is 32.8 Å². The first-order chi connectivity index (χ1) is 23.3. The van der Waals surface area contributed by atoms with Gasteiger partial charge in [-0.3, -0.25) is 0 Å². The summed E-state index contributed by atoms with van der Waals surface area (Å²) in [5.41, 5.74) is 0.973. The minimum absolute atomic E-state index is 0.0386. The van der Waals surface area contributed by atoms with Crippen LogP contribution in [-0.4, -0.2) is 84.6 Å². The van der Waals surface area contributed by atoms with Gasteiger partial charge in [0, 0.05) is 73.0 Å². The van der Waals surface area contributed by atoms with Gasteiger partial charge in [-0.25, -0.2) is 8.78 Å². The Bertz CT molecular complexity index is 1920. The molecule has 0 radical (unpaired) electrons. The molecule has 48 heavy (non-hydrogen) atoms. The summed E-state index contributed by atoms with van der Waals surface area (Å²) in [6.07, 6.45) is 4.71. The van der Waals surface area contributed by atoms with Gasteiger partial charge in [-0.2, -0.15) is 9.97 Å². The smallest absolute Gasteiger partial charge is 0.319 e. The number of phenols is 1. The predicted octanol–water partition coefficient (Wildman–Crippen LogP) is 6.33. The molecule has 9 rings (SSSR count). The van der Waals surface area contributed by atoms with Gasteiger partial charge in [0.1, 0.15) is 22.9 Å². The quantitative estimate of drug-likeness (QED) is 0.224. The van der Waals surface area contributed by atoms with Gasteiger partial charge in [0.05, 0.1) is 24.8 Å². The number of ether oxygens (including phenoxy) is 2. The molecule has 4 saturated heterocycles. The van der Waals surface area contributed by atoms with Crippen LogP contribution in [0.15, 0.2) is 30.3 Å². The van der Waals surface area contributed by atoms with Crippen molar-refractivity contribution in [2.75, 3.05) is 57.4 Å². The number of anilines is 1. The van der Waals surface area contributed by atoms with Crippen LogP contribution < -0.4 is 15.0 Å². The van der Waals surface area contributed by atoms with E-state index in [0.29, 0.717) is 70.1 Å². The van der Waals surface area contributed by atoms with Crippen molar-refractivity contribution in [3.63, 3.8) is 0 Å². The summed E-state index contributed by atoms with van der Waals surface area (Å²) in [7, 11) is 0. The van der Waals surface area contributed by atoms with Crippen molar-refractivity contribution in [3.8, 4) is 22.9 Å². The molecular weight excluding hydrogens is 636 g/mol. The maximum Gasteiger partial charge on any atom is 0.319 e. The number of nitrogens with one attached hydrogen (secondary N) is 1. The molecule has 5 heterocycles. The molecule has 0 spiro atoms. The van der Waals surface area contributed by atoms with E-state index in [4.69, 9.17) is 31.0 Å². The van der Waals surface area contributed by atoms with E-state index in [2.05, 4.69) is 15.1 Å². The largest absolute Gasteiger partial charge is 0.508 e. The zero-order valence-electron chi connectivity index (χ0n) is 27.1. The number of halogens is 3. The Morgan fingerprint density at radius 2 is 1.79 bits per heavy atom. The van der Waals surface area contributed by atoms with Gasteiger partial charge in [0.2, 0.25) is 0 Å². The van der Waals surface area contributed by atoms with E-state index in [1.54, 1.807) is 18.2 Å². The molecule has 1 aliphatic carbocycles. The van der Waals surface area contributed by atoms with E-state index in [-0.39, 0.29) is 39.1 Å². The molecule has 5 aliphatic rings. The highest BCUT2D eigenvalue weighted by atomic mass is 35.5. The number of fused-ring (bicyclic) bond motifs is 5. The number of hydrogen-bond acceptors (Lipinski definition) is 8. The van der Waals surface area contributed by atoms with Gasteiger partial charge in [-0.1, -0.05) is 24.6 Å². The SMILES string of the molecule is CCc1c(F)ccc2cc(O)cc(-c3c(Cl)cc4c(N5CC6CCC(C5)N6)nc(OCC5(CN6CC7COCC7C6)CC5)nc4c3F)c12. The molecule has 252 valence electrons. The average molecular weight is 676 g/mol. The maximum atomic E-state index is 17.1. The molecule has 4 atom stereocenters. The molecule has 0 amide bonds. The van der Waals surface area contributed by atoms with Crippen LogP contribution in [0, 0.1) is 28.9 Å². The van der Waals surface area contributed by atoms with Gasteiger partial charge in [-0.15, -0.1) is 0 Å². The van der Waals surface area contributed by atoms with Crippen molar-refractivity contribution in [1.29, 1.82) is 0 Å². The Balaban J connectivity index is 1.12. The van der Waals surface area contributed by atoms with Crippen molar-refractivity contribution in [2.24, 2.45) is 17.3 Å². The summed E-state index contributed by atoms with van der Waals surface area (Å²) in [6.45, 7) is 8.62. The summed E-state index contributed by atoms with van der Waals surface area (Å²) in [5, 5.41) is 16.1. The monoisotopic (exact) mass is 675 g/mol. The van der Waals surface area contributed by atoms with E-state index in [1.807, 2.05) is 6.92 Å². The summed E-state index contributed by atoms with van der Waals surface area (Å²) in [5.74, 6) is 0.768. The number of rotatable bonds is 8. The third kappa shape index (κ3) is 5.27. The Morgan fingerprint density at radius 1 is 1.04 bits per heavy atom. The zero-order valence-corrected chi connectivity index (χ0v) is 27.8. The Hall–Kier alpha value is -3.31. The van der Waals surface area contributed by atoms with Crippen molar-refractivity contribution in [2.45, 2.75) is 51.1 Å². The highest BCUT2D eigenvalue weighted by Crippen LogP contribution is 2.48. The summed E-state index contributed by atoms with van der Waals surface area (Å²) in [4.78, 5) is 14.4. The summed E-state index contributed by atoms with van der Waals surface area (Å²) >= 11 is 6.95. The lowest BCUT2D eigenvalue weighted by Crippen LogP contribution is -2.51. The number of aromatic nitrogens is 2. The van der Waals surface area contributed by atoms with E-state index >= 15 is 8.78 Å². The minimum Gasteiger partial charge on any atom is -0.508 e. The van der Waals surface area contributed by atoms with Crippen LogP contribution in [0.3, 0.4) is 0 Å². The van der Waals surface area contributed by atoms with Crippen LogP contribution in [0.2, 0.25) is 5.02 Å².